The number of hydrogen-bond donors (Lipinski definition) is 8. The summed E-state index contributed by atoms with van der Waals surface area (Å²) in [6.45, 7) is 5.56. The first-order valence-corrected chi connectivity index (χ1v) is 16.7. The fourth-order valence-electron chi connectivity index (χ4n) is 5.52. The lowest BCUT2D eigenvalue weighted by Gasteiger charge is -2.28. The summed E-state index contributed by atoms with van der Waals surface area (Å²) < 4.78 is 0. The van der Waals surface area contributed by atoms with Gasteiger partial charge in [-0.3, -0.25) is 28.8 Å². The van der Waals surface area contributed by atoms with Crippen LogP contribution in [-0.2, 0) is 40.0 Å². The van der Waals surface area contributed by atoms with E-state index >= 15 is 0 Å². The Morgan fingerprint density at radius 1 is 0.878 bits per heavy atom. The highest BCUT2D eigenvalue weighted by atomic mass is 16.4. The topological polar surface area (TPSA) is 263 Å². The largest absolute Gasteiger partial charge is 0.481 e. The Morgan fingerprint density at radius 3 is 2.06 bits per heavy atom. The minimum atomic E-state index is -1.67. The second kappa shape index (κ2) is 20.1. The lowest BCUT2D eigenvalue weighted by Crippen LogP contribution is -2.60. The Bertz CT molecular complexity index is 1310. The van der Waals surface area contributed by atoms with Crippen molar-refractivity contribution >= 4 is 41.5 Å². The Balaban J connectivity index is 2.32. The highest BCUT2D eigenvalue weighted by molar-refractivity contribution is 5.97. The summed E-state index contributed by atoms with van der Waals surface area (Å²) in [5.74, 6) is -6.76. The molecule has 1 aromatic carbocycles. The Kier molecular flexibility index (Phi) is 16.6. The summed E-state index contributed by atoms with van der Waals surface area (Å²) >= 11 is 0. The summed E-state index contributed by atoms with van der Waals surface area (Å²) in [6.07, 6.45) is 1.43. The van der Waals surface area contributed by atoms with E-state index in [1.807, 2.05) is 0 Å². The molecule has 0 unspecified atom stereocenters. The van der Waals surface area contributed by atoms with E-state index in [4.69, 9.17) is 11.5 Å². The van der Waals surface area contributed by atoms with Crippen molar-refractivity contribution in [2.75, 3.05) is 13.1 Å². The average molecular weight is 690 g/mol. The first-order chi connectivity index (χ1) is 23.2. The van der Waals surface area contributed by atoms with Crippen LogP contribution in [0.5, 0.6) is 0 Å². The van der Waals surface area contributed by atoms with Gasteiger partial charge in [0, 0.05) is 13.0 Å². The number of carbonyl (C=O) groups excluding carboxylic acids is 5. The van der Waals surface area contributed by atoms with Crippen molar-refractivity contribution in [3.63, 3.8) is 0 Å². The van der Waals surface area contributed by atoms with Gasteiger partial charge in [-0.2, -0.15) is 0 Å². The molecule has 1 aliphatic rings. The van der Waals surface area contributed by atoms with Crippen molar-refractivity contribution in [1.29, 1.82) is 0 Å². The van der Waals surface area contributed by atoms with Gasteiger partial charge in [-0.15, -0.1) is 0 Å². The Morgan fingerprint density at radius 2 is 1.49 bits per heavy atom. The van der Waals surface area contributed by atoms with Crippen molar-refractivity contribution in [2.24, 2.45) is 17.4 Å². The number of benzene rings is 1. The number of nitrogens with two attached hydrogens (primary N) is 2. The second-order valence-corrected chi connectivity index (χ2v) is 12.4. The molecule has 16 nitrogen and oxygen atoms in total. The molecule has 0 radical (unpaired) electrons. The zero-order chi connectivity index (χ0) is 36.7. The van der Waals surface area contributed by atoms with Crippen molar-refractivity contribution in [3.05, 3.63) is 35.9 Å². The highest BCUT2D eigenvalue weighted by Crippen LogP contribution is 2.19. The van der Waals surface area contributed by atoms with Crippen molar-refractivity contribution < 1.29 is 43.8 Å². The van der Waals surface area contributed by atoms with Gasteiger partial charge in [-0.05, 0) is 57.1 Å². The van der Waals surface area contributed by atoms with Crippen LogP contribution in [0.3, 0.4) is 0 Å². The SMILES string of the molecule is CC[C@H](C)[C@H](NC(=O)[C@H](CCCCN)NC(=O)[C@H](CC(=O)O)NC(=O)[C@H](Cc1ccccc1)NC(=O)[C@@H]1CCCN1C(=O)[C@H](C)N)C(=O)O. The zero-order valence-corrected chi connectivity index (χ0v) is 28.4. The van der Waals surface area contributed by atoms with Crippen LogP contribution >= 0.6 is 0 Å². The summed E-state index contributed by atoms with van der Waals surface area (Å²) in [5, 5.41) is 29.3. The fourth-order valence-corrected chi connectivity index (χ4v) is 5.52. The quantitative estimate of drug-likeness (QED) is 0.0789. The van der Waals surface area contributed by atoms with E-state index in [1.165, 1.54) is 11.8 Å². The number of nitrogens with one attached hydrogen (secondary N) is 4. The number of carboxylic acid groups (broad SMARTS) is 2. The van der Waals surface area contributed by atoms with E-state index in [1.54, 1.807) is 44.2 Å². The number of nitrogens with zero attached hydrogens (tertiary/aromatic N) is 1. The first kappa shape index (κ1) is 40.6. The van der Waals surface area contributed by atoms with Gasteiger partial charge >= 0.3 is 11.9 Å². The molecular weight excluding hydrogens is 638 g/mol. The highest BCUT2D eigenvalue weighted by Gasteiger charge is 2.38. The maximum Gasteiger partial charge on any atom is 0.326 e. The van der Waals surface area contributed by atoms with Crippen LogP contribution in [0.15, 0.2) is 30.3 Å². The zero-order valence-electron chi connectivity index (χ0n) is 28.4. The van der Waals surface area contributed by atoms with Crippen molar-refractivity contribution in [3.8, 4) is 0 Å². The maximum atomic E-state index is 13.7. The van der Waals surface area contributed by atoms with Gasteiger partial charge < -0.3 is 47.8 Å². The maximum absolute atomic E-state index is 13.7. The predicted octanol–water partition coefficient (Wildman–Crippen LogP) is -0.759. The summed E-state index contributed by atoms with van der Waals surface area (Å²) in [5.41, 5.74) is 12.0. The van der Waals surface area contributed by atoms with Gasteiger partial charge in [0.2, 0.25) is 29.5 Å². The fraction of sp³-hybridized carbons (Fsp3) is 0.606. The molecule has 1 saturated heterocycles. The summed E-state index contributed by atoms with van der Waals surface area (Å²) in [6, 6.07) is 1.54. The molecule has 10 N–H and O–H groups in total. The second-order valence-electron chi connectivity index (χ2n) is 12.4. The average Bonchev–Trinajstić information content (AvgIpc) is 3.55. The molecule has 1 fully saturated rings. The number of likely N-dealkylation sites (tertiary alicyclic amines) is 1. The standard InChI is InChI=1S/C33H51N7O9/c1-4-19(2)27(33(48)49)39-28(43)22(13-8-9-15-34)36-30(45)24(18-26(41)42)37-29(44)23(17-21-11-6-5-7-12-21)38-31(46)25-14-10-16-40(25)32(47)20(3)35/h5-7,11-12,19-20,22-25,27H,4,8-10,13-18,34-35H2,1-3H3,(H,36,45)(H,37,44)(H,38,46)(H,39,43)(H,41,42)(H,48,49)/t19-,20-,22-,23-,24-,25-,27-/m0/s1. The molecule has 2 rings (SSSR count). The van der Waals surface area contributed by atoms with Crippen LogP contribution in [0.4, 0.5) is 0 Å². The Labute approximate surface area is 286 Å². The minimum absolute atomic E-state index is 0.0237. The summed E-state index contributed by atoms with van der Waals surface area (Å²) in [7, 11) is 0. The molecule has 49 heavy (non-hydrogen) atoms. The predicted molar refractivity (Wildman–Crippen MR) is 179 cm³/mol. The first-order valence-electron chi connectivity index (χ1n) is 16.7. The van der Waals surface area contributed by atoms with Crippen LogP contribution < -0.4 is 32.7 Å². The molecule has 1 aliphatic heterocycles. The van der Waals surface area contributed by atoms with Crippen LogP contribution in [-0.4, -0.2) is 106 Å². The van der Waals surface area contributed by atoms with Gasteiger partial charge in [0.1, 0.15) is 30.2 Å². The number of carboxylic acids is 2. The van der Waals surface area contributed by atoms with Crippen LogP contribution in [0, 0.1) is 5.92 Å². The number of hydrogen-bond acceptors (Lipinski definition) is 9. The normalized spacial score (nSPS) is 17.8. The number of aliphatic carboxylic acids is 2. The van der Waals surface area contributed by atoms with Gasteiger partial charge in [-0.25, -0.2) is 4.79 Å². The van der Waals surface area contributed by atoms with Crippen LogP contribution in [0.1, 0.15) is 71.3 Å². The Hall–Kier alpha value is -4.57. The molecule has 272 valence electrons. The van der Waals surface area contributed by atoms with Crippen molar-refractivity contribution in [2.45, 2.75) is 108 Å². The third-order valence-electron chi connectivity index (χ3n) is 8.51. The van der Waals surface area contributed by atoms with E-state index in [2.05, 4.69) is 21.3 Å². The molecule has 0 spiro atoms. The van der Waals surface area contributed by atoms with Crippen molar-refractivity contribution in [1.82, 2.24) is 26.2 Å². The molecule has 0 aliphatic carbocycles. The molecule has 7 atom stereocenters. The van der Waals surface area contributed by atoms with Crippen LogP contribution in [0.25, 0.3) is 0 Å². The van der Waals surface area contributed by atoms with E-state index in [-0.39, 0.29) is 12.8 Å². The van der Waals surface area contributed by atoms with E-state index < -0.39 is 90.1 Å². The molecule has 1 aromatic rings. The minimum Gasteiger partial charge on any atom is -0.481 e. The smallest absolute Gasteiger partial charge is 0.326 e. The molecule has 0 saturated carbocycles. The third-order valence-corrected chi connectivity index (χ3v) is 8.51. The van der Waals surface area contributed by atoms with E-state index in [9.17, 15) is 43.8 Å². The van der Waals surface area contributed by atoms with Gasteiger partial charge in [0.05, 0.1) is 12.5 Å². The number of rotatable bonds is 20. The number of unbranched alkanes of at least 4 members (excludes halogenated alkanes) is 1. The number of amides is 5. The molecule has 0 aromatic heterocycles. The molecule has 1 heterocycles. The van der Waals surface area contributed by atoms with Gasteiger partial charge in [0.25, 0.3) is 0 Å². The molecular formula is C33H51N7O9. The van der Waals surface area contributed by atoms with E-state index in [0.29, 0.717) is 50.8 Å². The molecule has 16 heteroatoms. The van der Waals surface area contributed by atoms with Gasteiger partial charge in [0.15, 0.2) is 0 Å². The molecule has 5 amide bonds. The number of carbonyl (C=O) groups is 7. The van der Waals surface area contributed by atoms with E-state index in [0.717, 1.165) is 0 Å². The van der Waals surface area contributed by atoms with Gasteiger partial charge in [-0.1, -0.05) is 50.6 Å². The monoisotopic (exact) mass is 689 g/mol. The third kappa shape index (κ3) is 12.8. The summed E-state index contributed by atoms with van der Waals surface area (Å²) in [4.78, 5) is 91.6. The lowest BCUT2D eigenvalue weighted by atomic mass is 9.98. The molecule has 0 bridgehead atoms. The lowest BCUT2D eigenvalue weighted by molar-refractivity contribution is -0.144. The van der Waals surface area contributed by atoms with Crippen LogP contribution in [0.2, 0.25) is 0 Å².